The van der Waals surface area contributed by atoms with Gasteiger partial charge in [-0.2, -0.15) is 0 Å². The van der Waals surface area contributed by atoms with Gasteiger partial charge in [0.05, 0.1) is 7.11 Å². The van der Waals surface area contributed by atoms with Gasteiger partial charge in [0.2, 0.25) is 0 Å². The van der Waals surface area contributed by atoms with Crippen LogP contribution in [0, 0.1) is 0 Å². The molecule has 1 aromatic heterocycles. The molecule has 0 aliphatic carbocycles. The second-order valence-electron chi connectivity index (χ2n) is 6.12. The van der Waals surface area contributed by atoms with E-state index < -0.39 is 8.32 Å². The van der Waals surface area contributed by atoms with Crippen molar-refractivity contribution >= 4 is 14.1 Å². The minimum atomic E-state index is -2.13. The third-order valence-corrected chi connectivity index (χ3v) is 7.61. The Morgan fingerprint density at radius 2 is 2.05 bits per heavy atom. The number of hydrogen-bond acceptors (Lipinski definition) is 3. The van der Waals surface area contributed by atoms with Crippen molar-refractivity contribution in [2.24, 2.45) is 0 Å². The van der Waals surface area contributed by atoms with E-state index in [2.05, 4.69) is 31.5 Å². The summed E-state index contributed by atoms with van der Waals surface area (Å²) in [6.45, 7) is 12.1. The average molecular weight is 279 g/mol. The van der Waals surface area contributed by atoms with Crippen molar-refractivity contribution < 1.29 is 9.53 Å². The highest BCUT2D eigenvalue weighted by molar-refractivity contribution is 6.72. The van der Waals surface area contributed by atoms with Crippen LogP contribution in [0.4, 0.5) is 0 Å². The fraction of sp³-hybridized carbons (Fsp3) is 0.533. The summed E-state index contributed by atoms with van der Waals surface area (Å²) in [7, 11) is -0.536. The van der Waals surface area contributed by atoms with Crippen molar-refractivity contribution in [1.29, 1.82) is 0 Å². The van der Waals surface area contributed by atoms with Crippen LogP contribution in [0.1, 0.15) is 31.5 Å². The molecule has 3 nitrogen and oxygen atoms in total. The number of nitrogens with zero attached hydrogens (tertiary/aromatic N) is 1. The Hall–Kier alpha value is -1.13. The van der Waals surface area contributed by atoms with Gasteiger partial charge in [-0.25, -0.2) is 0 Å². The van der Waals surface area contributed by atoms with E-state index >= 15 is 0 Å². The second kappa shape index (κ2) is 5.88. The predicted molar refractivity (Wildman–Crippen MR) is 82.3 cm³/mol. The zero-order valence-corrected chi connectivity index (χ0v) is 13.7. The van der Waals surface area contributed by atoms with E-state index in [1.54, 1.807) is 7.11 Å². The summed E-state index contributed by atoms with van der Waals surface area (Å²) in [5.74, 6) is 0.579. The van der Waals surface area contributed by atoms with Gasteiger partial charge in [0.1, 0.15) is 11.5 Å². The summed E-state index contributed by atoms with van der Waals surface area (Å²) < 4.78 is 5.05. The summed E-state index contributed by atoms with van der Waals surface area (Å²) in [6, 6.07) is 3.98. The summed E-state index contributed by atoms with van der Waals surface area (Å²) >= 11 is 0. The summed E-state index contributed by atoms with van der Waals surface area (Å²) in [5, 5.41) is 0.00178. The van der Waals surface area contributed by atoms with Crippen LogP contribution in [0.15, 0.2) is 24.9 Å². The first-order valence-corrected chi connectivity index (χ1v) is 9.53. The van der Waals surface area contributed by atoms with E-state index in [4.69, 9.17) is 4.74 Å². The van der Waals surface area contributed by atoms with Crippen LogP contribution in [-0.2, 0) is 11.2 Å². The van der Waals surface area contributed by atoms with Gasteiger partial charge in [-0.05, 0) is 42.6 Å². The monoisotopic (exact) mass is 279 g/mol. The largest absolute Gasteiger partial charge is 0.495 e. The van der Waals surface area contributed by atoms with Crippen molar-refractivity contribution in [2.75, 3.05) is 7.11 Å². The Morgan fingerprint density at radius 1 is 1.42 bits per heavy atom. The van der Waals surface area contributed by atoms with Crippen molar-refractivity contribution in [3.05, 3.63) is 36.2 Å². The second-order valence-corrected chi connectivity index (χ2v) is 10.6. The maximum atomic E-state index is 10.3. The van der Waals surface area contributed by atoms with Crippen LogP contribution in [0.3, 0.4) is 0 Å². The molecular formula is C15H25NO2Si. The third-order valence-electron chi connectivity index (χ3n) is 4.05. The predicted octanol–water partition coefficient (Wildman–Crippen LogP) is 3.61. The summed E-state index contributed by atoms with van der Waals surface area (Å²) in [6.07, 6.45) is 3.76. The molecule has 0 aliphatic heterocycles. The molecule has 0 aromatic carbocycles. The van der Waals surface area contributed by atoms with Crippen LogP contribution in [0.25, 0.3) is 5.76 Å². The number of aromatic nitrogens is 1. The first kappa shape index (κ1) is 15.9. The Morgan fingerprint density at radius 3 is 2.47 bits per heavy atom. The molecule has 0 saturated heterocycles. The molecule has 1 aromatic rings. The molecule has 0 unspecified atom stereocenters. The van der Waals surface area contributed by atoms with E-state index in [9.17, 15) is 4.80 Å². The molecule has 19 heavy (non-hydrogen) atoms. The van der Waals surface area contributed by atoms with Crippen LogP contribution < -0.4 is 0 Å². The molecule has 4 heteroatoms. The van der Waals surface area contributed by atoms with Gasteiger partial charge in [-0.3, -0.25) is 4.98 Å². The van der Waals surface area contributed by atoms with Crippen molar-refractivity contribution in [2.45, 2.75) is 44.8 Å². The lowest BCUT2D eigenvalue weighted by atomic mass is 10.0. The molecule has 1 N–H and O–H groups in total. The first-order chi connectivity index (χ1) is 8.67. The molecule has 0 saturated carbocycles. The summed E-state index contributed by atoms with van der Waals surface area (Å²) in [5.41, 5.74) is 1.95. The molecule has 106 valence electrons. The smallest absolute Gasteiger partial charge is 0.188 e. The SMILES string of the molecule is C=C(OC)c1ccc(CCC(C)(C)[Si](C)(C)O)cn1. The van der Waals surface area contributed by atoms with Gasteiger partial charge >= 0.3 is 0 Å². The van der Waals surface area contributed by atoms with Crippen molar-refractivity contribution in [1.82, 2.24) is 4.98 Å². The molecule has 0 spiro atoms. The van der Waals surface area contributed by atoms with E-state index in [1.807, 2.05) is 25.4 Å². The Labute approximate surface area is 117 Å². The van der Waals surface area contributed by atoms with Gasteiger partial charge in [0.25, 0.3) is 0 Å². The molecular weight excluding hydrogens is 254 g/mol. The van der Waals surface area contributed by atoms with Crippen LogP contribution in [-0.4, -0.2) is 25.2 Å². The fourth-order valence-electron chi connectivity index (χ4n) is 1.60. The molecule has 0 atom stereocenters. The minimum Gasteiger partial charge on any atom is -0.495 e. The Kier molecular flexibility index (Phi) is 4.93. The standard InChI is InChI=1S/C15H25NO2Si/c1-12(18-4)14-8-7-13(11-16-14)9-10-15(2,3)19(5,6)17/h7-8,11,17H,1,9-10H2,2-6H3. The zero-order chi connectivity index (χ0) is 14.7. The molecule has 0 radical (unpaired) electrons. The van der Waals surface area contributed by atoms with E-state index in [0.717, 1.165) is 18.5 Å². The molecule has 0 bridgehead atoms. The Bertz CT molecular complexity index is 432. The molecule has 0 fully saturated rings. The van der Waals surface area contributed by atoms with Gasteiger partial charge in [-0.15, -0.1) is 0 Å². The van der Waals surface area contributed by atoms with E-state index in [1.165, 1.54) is 5.56 Å². The zero-order valence-electron chi connectivity index (χ0n) is 12.7. The highest BCUT2D eigenvalue weighted by Crippen LogP contribution is 2.39. The first-order valence-electron chi connectivity index (χ1n) is 6.58. The van der Waals surface area contributed by atoms with Crippen LogP contribution in [0.2, 0.25) is 18.1 Å². The van der Waals surface area contributed by atoms with Gasteiger partial charge in [0.15, 0.2) is 8.32 Å². The quantitative estimate of drug-likeness (QED) is 0.639. The number of hydrogen-bond donors (Lipinski definition) is 1. The van der Waals surface area contributed by atoms with Gasteiger partial charge in [0, 0.05) is 6.20 Å². The number of aryl methyl sites for hydroxylation is 1. The number of ether oxygens (including phenoxy) is 1. The number of pyridine rings is 1. The normalized spacial score (nSPS) is 12.3. The van der Waals surface area contributed by atoms with E-state index in [-0.39, 0.29) is 5.04 Å². The lowest BCUT2D eigenvalue weighted by molar-refractivity contribution is 0.369. The number of methoxy groups -OCH3 is 1. The highest BCUT2D eigenvalue weighted by atomic mass is 28.4. The van der Waals surface area contributed by atoms with E-state index in [0.29, 0.717) is 5.76 Å². The topological polar surface area (TPSA) is 42.4 Å². The lowest BCUT2D eigenvalue weighted by Crippen LogP contribution is -2.39. The van der Waals surface area contributed by atoms with Crippen LogP contribution in [0.5, 0.6) is 0 Å². The maximum Gasteiger partial charge on any atom is 0.188 e. The van der Waals surface area contributed by atoms with Crippen molar-refractivity contribution in [3.8, 4) is 0 Å². The van der Waals surface area contributed by atoms with Crippen molar-refractivity contribution in [3.63, 3.8) is 0 Å². The lowest BCUT2D eigenvalue weighted by Gasteiger charge is -2.35. The number of rotatable bonds is 6. The Balaban J connectivity index is 2.67. The average Bonchev–Trinajstić information content (AvgIpc) is 2.35. The molecule has 0 aliphatic rings. The molecule has 1 rings (SSSR count). The molecule has 0 amide bonds. The minimum absolute atomic E-state index is 0.00178. The fourth-order valence-corrected chi connectivity index (χ4v) is 2.34. The maximum absolute atomic E-state index is 10.3. The highest BCUT2D eigenvalue weighted by Gasteiger charge is 2.37. The van der Waals surface area contributed by atoms with Gasteiger partial charge < -0.3 is 9.53 Å². The summed E-state index contributed by atoms with van der Waals surface area (Å²) in [4.78, 5) is 14.6. The van der Waals surface area contributed by atoms with Gasteiger partial charge in [-0.1, -0.05) is 26.5 Å². The molecule has 1 heterocycles. The third kappa shape index (κ3) is 4.18. The van der Waals surface area contributed by atoms with Crippen LogP contribution >= 0.6 is 0 Å².